The summed E-state index contributed by atoms with van der Waals surface area (Å²) in [5, 5.41) is 10.6. The summed E-state index contributed by atoms with van der Waals surface area (Å²) in [6.45, 7) is 4.81. The van der Waals surface area contributed by atoms with Gasteiger partial charge >= 0.3 is 5.97 Å². The number of ether oxygens (including phenoxy) is 1. The van der Waals surface area contributed by atoms with Crippen LogP contribution in [-0.4, -0.2) is 34.6 Å². The minimum Gasteiger partial charge on any atom is -0.512 e. The molecule has 0 saturated heterocycles. The maximum absolute atomic E-state index is 12.6. The van der Waals surface area contributed by atoms with Gasteiger partial charge in [0.05, 0.1) is 11.8 Å². The van der Waals surface area contributed by atoms with Crippen molar-refractivity contribution in [3.63, 3.8) is 0 Å². The Balaban J connectivity index is 2.08. The van der Waals surface area contributed by atoms with Gasteiger partial charge in [-0.05, 0) is 39.0 Å². The lowest BCUT2D eigenvalue weighted by Crippen LogP contribution is -2.21. The molecule has 0 radical (unpaired) electrons. The van der Waals surface area contributed by atoms with Crippen molar-refractivity contribution in [2.75, 3.05) is 0 Å². The van der Waals surface area contributed by atoms with Crippen molar-refractivity contribution < 1.29 is 19.4 Å². The van der Waals surface area contributed by atoms with Crippen LogP contribution in [0.25, 0.3) is 0 Å². The standard InChI is InChI=1S/C22H19ClN2O4/c1-12(2)29-22(28)18(13(3)26)19-16-9-4-5-10-17(16)20(24-19)25-21(27)14-7-6-8-15(23)11-14/h4-12,26H,1-3H3/b18-13-,25-20?. The first kappa shape index (κ1) is 20.5. The number of halogens is 1. The van der Waals surface area contributed by atoms with Crippen LogP contribution in [0.1, 0.15) is 42.3 Å². The molecule has 0 saturated carbocycles. The van der Waals surface area contributed by atoms with Crippen LogP contribution in [-0.2, 0) is 9.53 Å². The van der Waals surface area contributed by atoms with Gasteiger partial charge in [-0.25, -0.2) is 9.79 Å². The van der Waals surface area contributed by atoms with Crippen LogP contribution >= 0.6 is 11.6 Å². The molecular weight excluding hydrogens is 392 g/mol. The summed E-state index contributed by atoms with van der Waals surface area (Å²) in [5.41, 5.74) is 1.62. The van der Waals surface area contributed by atoms with E-state index in [0.717, 1.165) is 0 Å². The molecule has 1 N–H and O–H groups in total. The van der Waals surface area contributed by atoms with Crippen LogP contribution in [0.15, 0.2) is 69.8 Å². The predicted molar refractivity (Wildman–Crippen MR) is 112 cm³/mol. The van der Waals surface area contributed by atoms with Crippen molar-refractivity contribution in [1.29, 1.82) is 0 Å². The lowest BCUT2D eigenvalue weighted by Gasteiger charge is -2.12. The molecule has 1 heterocycles. The van der Waals surface area contributed by atoms with Gasteiger partial charge in [-0.1, -0.05) is 41.9 Å². The van der Waals surface area contributed by atoms with Crippen molar-refractivity contribution in [2.24, 2.45) is 9.98 Å². The Bertz CT molecular complexity index is 1080. The Labute approximate surface area is 173 Å². The smallest absolute Gasteiger partial charge is 0.344 e. The van der Waals surface area contributed by atoms with Gasteiger partial charge in [0.1, 0.15) is 11.3 Å². The number of benzene rings is 2. The molecule has 0 spiro atoms. The lowest BCUT2D eigenvalue weighted by molar-refractivity contribution is -0.142. The molecule has 2 aromatic rings. The van der Waals surface area contributed by atoms with E-state index in [1.165, 1.54) is 13.0 Å². The first-order valence-corrected chi connectivity index (χ1v) is 9.34. The molecule has 29 heavy (non-hydrogen) atoms. The zero-order valence-electron chi connectivity index (χ0n) is 16.1. The number of rotatable bonds is 4. The van der Waals surface area contributed by atoms with Crippen molar-refractivity contribution in [3.8, 4) is 0 Å². The molecule has 1 amide bonds. The number of allylic oxidation sites excluding steroid dienone is 1. The van der Waals surface area contributed by atoms with Crippen molar-refractivity contribution in [2.45, 2.75) is 26.9 Å². The summed E-state index contributed by atoms with van der Waals surface area (Å²) >= 11 is 5.95. The number of aliphatic hydroxyl groups excluding tert-OH is 1. The van der Waals surface area contributed by atoms with E-state index in [4.69, 9.17) is 16.3 Å². The Morgan fingerprint density at radius 1 is 1.10 bits per heavy atom. The second-order valence-corrected chi connectivity index (χ2v) is 7.11. The molecule has 2 aromatic carbocycles. The Kier molecular flexibility index (Phi) is 5.94. The molecule has 0 aromatic heterocycles. The fraction of sp³-hybridized carbons (Fsp3) is 0.182. The third kappa shape index (κ3) is 4.43. The second-order valence-electron chi connectivity index (χ2n) is 6.67. The number of nitrogens with zero attached hydrogens (tertiary/aromatic N) is 2. The molecule has 0 unspecified atom stereocenters. The van der Waals surface area contributed by atoms with E-state index in [1.807, 2.05) is 0 Å². The lowest BCUT2D eigenvalue weighted by atomic mass is 9.99. The minimum absolute atomic E-state index is 0.0634. The number of aliphatic hydroxyl groups is 1. The molecule has 7 heteroatoms. The van der Waals surface area contributed by atoms with Crippen molar-refractivity contribution in [1.82, 2.24) is 0 Å². The van der Waals surface area contributed by atoms with E-state index in [1.54, 1.807) is 56.3 Å². The third-order valence-corrected chi connectivity index (χ3v) is 4.30. The Morgan fingerprint density at radius 3 is 2.41 bits per heavy atom. The molecule has 1 aliphatic heterocycles. The number of esters is 1. The number of fused-ring (bicyclic) bond motifs is 1. The summed E-state index contributed by atoms with van der Waals surface area (Å²) in [6.07, 6.45) is -0.369. The molecule has 0 bridgehead atoms. The molecule has 3 rings (SSSR count). The van der Waals surface area contributed by atoms with Crippen molar-refractivity contribution in [3.05, 3.63) is 81.6 Å². The highest BCUT2D eigenvalue weighted by molar-refractivity contribution is 6.36. The average molecular weight is 411 g/mol. The Hall–Kier alpha value is -3.25. The highest BCUT2D eigenvalue weighted by Gasteiger charge is 2.31. The number of aliphatic imine (C=N–C) groups is 2. The van der Waals surface area contributed by atoms with Gasteiger partial charge in [-0.15, -0.1) is 0 Å². The monoisotopic (exact) mass is 410 g/mol. The van der Waals surface area contributed by atoms with E-state index in [9.17, 15) is 14.7 Å². The van der Waals surface area contributed by atoms with Crippen LogP contribution in [0.2, 0.25) is 5.02 Å². The second kappa shape index (κ2) is 8.41. The molecule has 0 aliphatic carbocycles. The van der Waals surface area contributed by atoms with E-state index in [-0.39, 0.29) is 29.0 Å². The van der Waals surface area contributed by atoms with Crippen LogP contribution < -0.4 is 0 Å². The van der Waals surface area contributed by atoms with Gasteiger partial charge in [0, 0.05) is 21.7 Å². The SMILES string of the molecule is C/C(O)=C(/C(=O)OC(C)C)C1=NC(=NC(=O)c2cccc(Cl)c2)c2ccccc21. The van der Waals surface area contributed by atoms with Crippen LogP contribution in [0.3, 0.4) is 0 Å². The zero-order valence-corrected chi connectivity index (χ0v) is 16.9. The molecule has 6 nitrogen and oxygen atoms in total. The Morgan fingerprint density at radius 2 is 1.79 bits per heavy atom. The summed E-state index contributed by atoms with van der Waals surface area (Å²) in [6, 6.07) is 13.5. The first-order valence-electron chi connectivity index (χ1n) is 8.96. The number of hydrogen-bond acceptors (Lipinski definition) is 4. The summed E-state index contributed by atoms with van der Waals surface area (Å²) in [5.74, 6) is -1.29. The normalized spacial score (nSPS) is 15.1. The van der Waals surface area contributed by atoms with Gasteiger partial charge in [0.25, 0.3) is 5.91 Å². The largest absolute Gasteiger partial charge is 0.512 e. The summed E-state index contributed by atoms with van der Waals surface area (Å²) in [4.78, 5) is 33.6. The third-order valence-electron chi connectivity index (χ3n) is 4.07. The van der Waals surface area contributed by atoms with Gasteiger partial charge in [0.15, 0.2) is 5.84 Å². The highest BCUT2D eigenvalue weighted by Crippen LogP contribution is 2.26. The molecule has 148 valence electrons. The fourth-order valence-electron chi connectivity index (χ4n) is 2.86. The maximum Gasteiger partial charge on any atom is 0.344 e. The van der Waals surface area contributed by atoms with E-state index >= 15 is 0 Å². The van der Waals surface area contributed by atoms with Crippen molar-refractivity contribution >= 4 is 35.0 Å². The highest BCUT2D eigenvalue weighted by atomic mass is 35.5. The molecule has 0 fully saturated rings. The number of carbonyl (C=O) groups is 2. The fourth-order valence-corrected chi connectivity index (χ4v) is 3.05. The quantitative estimate of drug-likeness (QED) is 0.456. The van der Waals surface area contributed by atoms with Crippen LogP contribution in [0.5, 0.6) is 0 Å². The predicted octanol–water partition coefficient (Wildman–Crippen LogP) is 4.51. The van der Waals surface area contributed by atoms with Gasteiger partial charge in [0.2, 0.25) is 0 Å². The topological polar surface area (TPSA) is 88.3 Å². The molecule has 1 aliphatic rings. The van der Waals surface area contributed by atoms with E-state index < -0.39 is 11.9 Å². The first-order chi connectivity index (χ1) is 13.8. The summed E-state index contributed by atoms with van der Waals surface area (Å²) in [7, 11) is 0. The number of amidine groups is 1. The molecule has 0 atom stereocenters. The zero-order chi connectivity index (χ0) is 21.1. The maximum atomic E-state index is 12.6. The number of carbonyl (C=O) groups excluding carboxylic acids is 2. The summed E-state index contributed by atoms with van der Waals surface area (Å²) < 4.78 is 5.24. The number of hydrogen-bond donors (Lipinski definition) is 1. The van der Waals surface area contributed by atoms with Gasteiger partial charge < -0.3 is 9.84 Å². The van der Waals surface area contributed by atoms with Gasteiger partial charge in [-0.3, -0.25) is 4.79 Å². The molecular formula is C22H19ClN2O4. The average Bonchev–Trinajstić information content (AvgIpc) is 2.99. The van der Waals surface area contributed by atoms with E-state index in [2.05, 4.69) is 9.98 Å². The van der Waals surface area contributed by atoms with Crippen LogP contribution in [0, 0.1) is 0 Å². The van der Waals surface area contributed by atoms with E-state index in [0.29, 0.717) is 21.7 Å². The van der Waals surface area contributed by atoms with Crippen LogP contribution in [0.4, 0.5) is 0 Å². The van der Waals surface area contributed by atoms with Gasteiger partial charge in [-0.2, -0.15) is 4.99 Å². The minimum atomic E-state index is -0.698. The number of amides is 1.